The zero-order valence-electron chi connectivity index (χ0n) is 20.2. The molecule has 1 amide bonds. The molecule has 4 rings (SSSR count). The molecule has 0 aliphatic rings. The van der Waals surface area contributed by atoms with E-state index >= 15 is 0 Å². The van der Waals surface area contributed by atoms with Crippen LogP contribution < -0.4 is 14.9 Å². The summed E-state index contributed by atoms with van der Waals surface area (Å²) in [6.07, 6.45) is 0. The summed E-state index contributed by atoms with van der Waals surface area (Å²) in [5.74, 6) is 1.23. The average molecular weight is 489 g/mol. The van der Waals surface area contributed by atoms with Gasteiger partial charge in [0.2, 0.25) is 0 Å². The Hall–Kier alpha value is -3.78. The van der Waals surface area contributed by atoms with Crippen molar-refractivity contribution in [2.75, 3.05) is 20.0 Å². The van der Waals surface area contributed by atoms with E-state index in [1.54, 1.807) is 14.2 Å². The van der Waals surface area contributed by atoms with Crippen molar-refractivity contribution in [3.63, 3.8) is 0 Å². The number of hydrazone groups is 1. The number of hydrogen-bond acceptors (Lipinski definition) is 6. The van der Waals surface area contributed by atoms with Crippen molar-refractivity contribution in [3.05, 3.63) is 83.4 Å². The highest BCUT2D eigenvalue weighted by atomic mass is 32.2. The van der Waals surface area contributed by atoms with Crippen molar-refractivity contribution in [3.8, 4) is 11.5 Å². The van der Waals surface area contributed by atoms with Gasteiger partial charge in [-0.2, -0.15) is 5.10 Å². The van der Waals surface area contributed by atoms with Crippen molar-refractivity contribution < 1.29 is 14.3 Å². The van der Waals surface area contributed by atoms with Crippen LogP contribution in [0.5, 0.6) is 11.5 Å². The second-order valence-corrected chi connectivity index (χ2v) is 8.99. The van der Waals surface area contributed by atoms with Crippen LogP contribution in [0, 0.1) is 6.92 Å². The molecule has 0 saturated heterocycles. The second-order valence-electron chi connectivity index (χ2n) is 8.05. The Balaban J connectivity index is 1.45. The number of aryl methyl sites for hydroxylation is 1. The molecule has 7 nitrogen and oxygen atoms in total. The van der Waals surface area contributed by atoms with Crippen molar-refractivity contribution in [1.82, 2.24) is 15.0 Å². The topological polar surface area (TPSA) is 77.7 Å². The van der Waals surface area contributed by atoms with Gasteiger partial charge in [-0.25, -0.2) is 10.4 Å². The Kier molecular flexibility index (Phi) is 7.72. The van der Waals surface area contributed by atoms with Crippen LogP contribution >= 0.6 is 11.8 Å². The van der Waals surface area contributed by atoms with Gasteiger partial charge in [0.1, 0.15) is 0 Å². The molecular formula is C27H28N4O3S. The number of benzene rings is 3. The largest absolute Gasteiger partial charge is 0.493 e. The monoisotopic (exact) mass is 488 g/mol. The maximum atomic E-state index is 12.6. The number of fused-ring (bicyclic) bond motifs is 1. The predicted molar refractivity (Wildman–Crippen MR) is 141 cm³/mol. The molecule has 1 N–H and O–H groups in total. The van der Waals surface area contributed by atoms with E-state index in [0.29, 0.717) is 23.8 Å². The number of aromatic nitrogens is 2. The molecule has 0 atom stereocenters. The fourth-order valence-electron chi connectivity index (χ4n) is 3.63. The van der Waals surface area contributed by atoms with Crippen molar-refractivity contribution in [1.29, 1.82) is 0 Å². The van der Waals surface area contributed by atoms with E-state index in [1.807, 2.05) is 43.3 Å². The van der Waals surface area contributed by atoms with Gasteiger partial charge in [-0.3, -0.25) is 4.79 Å². The standard InChI is InChI=1S/C27H28N4O3S/c1-18-9-11-20(12-10-18)16-31-23-8-6-5-7-22(23)28-27(31)35-17-26(32)30-29-19(2)21-13-14-24(33-3)25(15-21)34-4/h5-15H,16-17H2,1-4H3,(H,30,32)/b29-19-. The lowest BCUT2D eigenvalue weighted by atomic mass is 10.1. The number of rotatable bonds is 9. The van der Waals surface area contributed by atoms with E-state index in [4.69, 9.17) is 14.5 Å². The van der Waals surface area contributed by atoms with Gasteiger partial charge in [-0.1, -0.05) is 53.7 Å². The second kappa shape index (κ2) is 11.1. The van der Waals surface area contributed by atoms with E-state index < -0.39 is 0 Å². The molecule has 0 spiro atoms. The molecule has 8 heteroatoms. The first-order chi connectivity index (χ1) is 17.0. The molecule has 3 aromatic carbocycles. The van der Waals surface area contributed by atoms with E-state index in [0.717, 1.165) is 21.8 Å². The van der Waals surface area contributed by atoms with Gasteiger partial charge in [-0.05, 0) is 49.7 Å². The summed E-state index contributed by atoms with van der Waals surface area (Å²) in [6, 6.07) is 22.0. The predicted octanol–water partition coefficient (Wildman–Crippen LogP) is 5.04. The zero-order valence-corrected chi connectivity index (χ0v) is 21.1. The number of para-hydroxylation sites is 2. The van der Waals surface area contributed by atoms with Crippen LogP contribution in [0.1, 0.15) is 23.6 Å². The minimum Gasteiger partial charge on any atom is -0.493 e. The first-order valence-corrected chi connectivity index (χ1v) is 12.2. The first-order valence-electron chi connectivity index (χ1n) is 11.2. The van der Waals surface area contributed by atoms with E-state index in [1.165, 1.54) is 22.9 Å². The Labute approximate surface area is 209 Å². The van der Waals surface area contributed by atoms with Crippen LogP contribution in [0.15, 0.2) is 77.0 Å². The lowest BCUT2D eigenvalue weighted by Gasteiger charge is -2.10. The lowest BCUT2D eigenvalue weighted by molar-refractivity contribution is -0.118. The fourth-order valence-corrected chi connectivity index (χ4v) is 4.43. The summed E-state index contributed by atoms with van der Waals surface area (Å²) in [4.78, 5) is 17.3. The Morgan fingerprint density at radius 3 is 2.51 bits per heavy atom. The normalized spacial score (nSPS) is 11.5. The number of carbonyl (C=O) groups is 1. The molecule has 1 heterocycles. The minimum absolute atomic E-state index is 0.194. The van der Waals surface area contributed by atoms with Gasteiger partial charge in [0, 0.05) is 5.56 Å². The summed E-state index contributed by atoms with van der Waals surface area (Å²) in [6.45, 7) is 4.59. The number of hydrogen-bond donors (Lipinski definition) is 1. The lowest BCUT2D eigenvalue weighted by Crippen LogP contribution is -2.21. The summed E-state index contributed by atoms with van der Waals surface area (Å²) < 4.78 is 12.8. The van der Waals surface area contributed by atoms with Crippen molar-refractivity contribution in [2.45, 2.75) is 25.5 Å². The number of ether oxygens (including phenoxy) is 2. The third-order valence-corrected chi connectivity index (χ3v) is 6.54. The molecule has 0 aliphatic heterocycles. The molecule has 35 heavy (non-hydrogen) atoms. The van der Waals surface area contributed by atoms with Gasteiger partial charge in [0.05, 0.1) is 43.3 Å². The quantitative estimate of drug-likeness (QED) is 0.203. The molecular weight excluding hydrogens is 460 g/mol. The van der Waals surface area contributed by atoms with Crippen LogP contribution in [0.25, 0.3) is 11.0 Å². The van der Waals surface area contributed by atoms with Gasteiger partial charge in [0.25, 0.3) is 5.91 Å². The summed E-state index contributed by atoms with van der Waals surface area (Å²) in [5.41, 5.74) is 8.49. The van der Waals surface area contributed by atoms with E-state index in [2.05, 4.69) is 52.3 Å². The van der Waals surface area contributed by atoms with Crippen LogP contribution in [0.2, 0.25) is 0 Å². The SMILES string of the molecule is COc1ccc(/C(C)=N\NC(=O)CSc2nc3ccccc3n2Cc2ccc(C)cc2)cc1OC. The van der Waals surface area contributed by atoms with Gasteiger partial charge < -0.3 is 14.0 Å². The molecule has 0 fully saturated rings. The number of imidazole rings is 1. The van der Waals surface area contributed by atoms with Gasteiger partial charge in [0.15, 0.2) is 16.7 Å². The van der Waals surface area contributed by atoms with Crippen LogP contribution in [-0.4, -0.2) is 41.1 Å². The molecule has 0 unspecified atom stereocenters. The molecule has 4 aromatic rings. The number of thioether (sulfide) groups is 1. The number of nitrogens with zero attached hydrogens (tertiary/aromatic N) is 3. The molecule has 180 valence electrons. The Morgan fingerprint density at radius 1 is 1.03 bits per heavy atom. The molecule has 0 saturated carbocycles. The molecule has 1 aromatic heterocycles. The zero-order chi connectivity index (χ0) is 24.8. The minimum atomic E-state index is -0.205. The maximum Gasteiger partial charge on any atom is 0.250 e. The van der Waals surface area contributed by atoms with Crippen LogP contribution in [0.4, 0.5) is 0 Å². The summed E-state index contributed by atoms with van der Waals surface area (Å²) >= 11 is 1.40. The Morgan fingerprint density at radius 2 is 1.77 bits per heavy atom. The van der Waals surface area contributed by atoms with Crippen LogP contribution in [0.3, 0.4) is 0 Å². The van der Waals surface area contributed by atoms with Crippen LogP contribution in [-0.2, 0) is 11.3 Å². The van der Waals surface area contributed by atoms with E-state index in [-0.39, 0.29) is 11.7 Å². The van der Waals surface area contributed by atoms with Gasteiger partial charge in [-0.15, -0.1) is 0 Å². The number of nitrogens with one attached hydrogen (secondary N) is 1. The molecule has 0 aliphatic carbocycles. The molecule has 0 radical (unpaired) electrons. The third-order valence-electron chi connectivity index (χ3n) is 5.56. The highest BCUT2D eigenvalue weighted by Crippen LogP contribution is 2.28. The highest BCUT2D eigenvalue weighted by molar-refractivity contribution is 7.99. The number of carbonyl (C=O) groups excluding carboxylic acids is 1. The first kappa shape index (κ1) is 24.3. The third kappa shape index (κ3) is 5.84. The summed E-state index contributed by atoms with van der Waals surface area (Å²) in [5, 5.41) is 5.05. The smallest absolute Gasteiger partial charge is 0.250 e. The number of methoxy groups -OCH3 is 2. The Bertz CT molecular complexity index is 1360. The highest BCUT2D eigenvalue weighted by Gasteiger charge is 2.14. The molecule has 0 bridgehead atoms. The van der Waals surface area contributed by atoms with Crippen molar-refractivity contribution >= 4 is 34.4 Å². The number of amides is 1. The summed E-state index contributed by atoms with van der Waals surface area (Å²) in [7, 11) is 3.17. The van der Waals surface area contributed by atoms with Gasteiger partial charge >= 0.3 is 0 Å². The fraction of sp³-hybridized carbons (Fsp3) is 0.222. The van der Waals surface area contributed by atoms with E-state index in [9.17, 15) is 4.79 Å². The average Bonchev–Trinajstić information content (AvgIpc) is 3.24. The maximum absolute atomic E-state index is 12.6. The van der Waals surface area contributed by atoms with Crippen molar-refractivity contribution in [2.24, 2.45) is 5.10 Å².